The molecule has 1 aromatic heterocycles. The zero-order valence-electron chi connectivity index (χ0n) is 24.1. The maximum atomic E-state index is 14.2. The average Bonchev–Trinajstić information content (AvgIpc) is 3.35. The maximum Gasteiger partial charge on any atom is 0.251 e. The summed E-state index contributed by atoms with van der Waals surface area (Å²) >= 11 is 0. The van der Waals surface area contributed by atoms with Crippen LogP contribution < -0.4 is 15.0 Å². The van der Waals surface area contributed by atoms with Crippen LogP contribution in [0.4, 0.5) is 5.69 Å². The summed E-state index contributed by atoms with van der Waals surface area (Å²) in [4.78, 5) is 30.8. The maximum absolute atomic E-state index is 14.2. The quantitative estimate of drug-likeness (QED) is 0.339. The zero-order valence-corrected chi connectivity index (χ0v) is 24.1. The first-order chi connectivity index (χ1) is 18.9. The van der Waals surface area contributed by atoms with Crippen molar-refractivity contribution >= 4 is 17.5 Å². The number of methoxy groups -OCH3 is 1. The Kier molecular flexibility index (Phi) is 8.32. The summed E-state index contributed by atoms with van der Waals surface area (Å²) < 4.78 is 5.66. The molecule has 0 saturated carbocycles. The molecule has 9 nitrogen and oxygen atoms in total. The normalized spacial score (nSPS) is 12.1. The van der Waals surface area contributed by atoms with E-state index < -0.39 is 17.5 Å². The number of anilines is 1. The number of benzene rings is 3. The van der Waals surface area contributed by atoms with Crippen LogP contribution in [-0.4, -0.2) is 44.7 Å². The van der Waals surface area contributed by atoms with Crippen molar-refractivity contribution < 1.29 is 14.3 Å². The van der Waals surface area contributed by atoms with Crippen molar-refractivity contribution in [2.24, 2.45) is 0 Å². The summed E-state index contributed by atoms with van der Waals surface area (Å²) in [6.45, 7) is 11.4. The van der Waals surface area contributed by atoms with Crippen LogP contribution in [0.2, 0.25) is 0 Å². The monoisotopic (exact) mass is 540 g/mol. The van der Waals surface area contributed by atoms with Gasteiger partial charge in [-0.15, -0.1) is 10.2 Å². The highest BCUT2D eigenvalue weighted by molar-refractivity contribution is 6.02. The van der Waals surface area contributed by atoms with Crippen LogP contribution in [0.3, 0.4) is 0 Å². The van der Waals surface area contributed by atoms with E-state index in [-0.39, 0.29) is 12.5 Å². The van der Waals surface area contributed by atoms with Gasteiger partial charge in [-0.3, -0.25) is 14.5 Å². The summed E-state index contributed by atoms with van der Waals surface area (Å²) in [7, 11) is 1.54. The second kappa shape index (κ2) is 11.7. The first kappa shape index (κ1) is 28.5. The van der Waals surface area contributed by atoms with Crippen LogP contribution >= 0.6 is 0 Å². The standard InChI is InChI=1S/C31H36N6O3/c1-20-8-13-23(14-9-20)28(30(39)32-31(4,5)6)37(25-18-22(3)12-17-26(25)40-7)27(38)19-36-34-29(33-35-36)24-15-10-21(2)11-16-24/h8-18,28H,19H2,1-7H3,(H,32,39)/t28-/m1/s1. The van der Waals surface area contributed by atoms with Crippen molar-refractivity contribution in [1.29, 1.82) is 0 Å². The number of nitrogens with zero attached hydrogens (tertiary/aromatic N) is 5. The fraction of sp³-hybridized carbons (Fsp3) is 0.323. The number of rotatable bonds is 8. The van der Waals surface area contributed by atoms with E-state index in [2.05, 4.69) is 20.7 Å². The van der Waals surface area contributed by atoms with Gasteiger partial charge in [-0.2, -0.15) is 4.80 Å². The molecule has 40 heavy (non-hydrogen) atoms. The van der Waals surface area contributed by atoms with Gasteiger partial charge in [-0.1, -0.05) is 65.7 Å². The van der Waals surface area contributed by atoms with Gasteiger partial charge in [0.1, 0.15) is 18.3 Å². The number of tetrazole rings is 1. The predicted molar refractivity (Wildman–Crippen MR) is 155 cm³/mol. The van der Waals surface area contributed by atoms with E-state index in [0.29, 0.717) is 22.8 Å². The lowest BCUT2D eigenvalue weighted by atomic mass is 9.99. The van der Waals surface area contributed by atoms with Crippen LogP contribution in [0.5, 0.6) is 5.75 Å². The van der Waals surface area contributed by atoms with E-state index in [9.17, 15) is 9.59 Å². The van der Waals surface area contributed by atoms with E-state index in [1.807, 2.05) is 102 Å². The Labute approximate surface area is 235 Å². The highest BCUT2D eigenvalue weighted by atomic mass is 16.5. The molecule has 0 saturated heterocycles. The minimum absolute atomic E-state index is 0.235. The molecule has 1 N–H and O–H groups in total. The molecule has 3 aromatic carbocycles. The number of ether oxygens (including phenoxy) is 1. The van der Waals surface area contributed by atoms with E-state index in [0.717, 1.165) is 22.3 Å². The Hall–Kier alpha value is -4.53. The number of amides is 2. The molecule has 0 unspecified atom stereocenters. The molecular weight excluding hydrogens is 504 g/mol. The molecule has 9 heteroatoms. The van der Waals surface area contributed by atoms with Crippen molar-refractivity contribution in [1.82, 2.24) is 25.5 Å². The predicted octanol–water partition coefficient (Wildman–Crippen LogP) is 4.96. The lowest BCUT2D eigenvalue weighted by Crippen LogP contribution is -2.50. The van der Waals surface area contributed by atoms with E-state index in [1.165, 1.54) is 9.70 Å². The number of aromatic nitrogens is 4. The van der Waals surface area contributed by atoms with E-state index in [1.54, 1.807) is 13.2 Å². The molecule has 2 amide bonds. The molecule has 0 aliphatic heterocycles. The summed E-state index contributed by atoms with van der Waals surface area (Å²) in [5.41, 5.74) is 4.47. The molecule has 0 aliphatic rings. The Bertz CT molecular complexity index is 1490. The largest absolute Gasteiger partial charge is 0.495 e. The van der Waals surface area contributed by atoms with Crippen molar-refractivity contribution in [3.05, 3.63) is 89.0 Å². The van der Waals surface area contributed by atoms with Crippen LogP contribution in [0.1, 0.15) is 49.1 Å². The zero-order chi connectivity index (χ0) is 29.0. The third kappa shape index (κ3) is 6.72. The third-order valence-corrected chi connectivity index (χ3v) is 6.30. The molecule has 208 valence electrons. The molecule has 4 rings (SSSR count). The van der Waals surface area contributed by atoms with Crippen LogP contribution in [0.15, 0.2) is 66.7 Å². The van der Waals surface area contributed by atoms with Gasteiger partial charge in [0.15, 0.2) is 0 Å². The molecule has 1 heterocycles. The van der Waals surface area contributed by atoms with Crippen LogP contribution in [0, 0.1) is 20.8 Å². The van der Waals surface area contributed by atoms with Crippen molar-refractivity contribution in [2.75, 3.05) is 12.0 Å². The first-order valence-electron chi connectivity index (χ1n) is 13.2. The number of hydrogen-bond donors (Lipinski definition) is 1. The fourth-order valence-electron chi connectivity index (χ4n) is 4.34. The van der Waals surface area contributed by atoms with Crippen LogP contribution in [0.25, 0.3) is 11.4 Å². The Morgan fingerprint density at radius 1 is 0.925 bits per heavy atom. The number of carbonyl (C=O) groups excluding carboxylic acids is 2. The Morgan fingerprint density at radius 2 is 1.52 bits per heavy atom. The van der Waals surface area contributed by atoms with Gasteiger partial charge in [0.05, 0.1) is 12.8 Å². The second-order valence-electron chi connectivity index (χ2n) is 11.0. The van der Waals surface area contributed by atoms with Gasteiger partial charge < -0.3 is 10.1 Å². The Balaban J connectivity index is 1.80. The minimum Gasteiger partial charge on any atom is -0.495 e. The van der Waals surface area contributed by atoms with Gasteiger partial charge in [-0.05, 0) is 70.0 Å². The van der Waals surface area contributed by atoms with Gasteiger partial charge >= 0.3 is 0 Å². The number of carbonyl (C=O) groups is 2. The van der Waals surface area contributed by atoms with Crippen molar-refractivity contribution in [2.45, 2.75) is 59.7 Å². The van der Waals surface area contributed by atoms with Gasteiger partial charge in [0.25, 0.3) is 5.91 Å². The van der Waals surface area contributed by atoms with Gasteiger partial charge in [0.2, 0.25) is 11.7 Å². The topological polar surface area (TPSA) is 102 Å². The van der Waals surface area contributed by atoms with Crippen LogP contribution in [-0.2, 0) is 16.1 Å². The molecule has 0 fully saturated rings. The number of aryl methyl sites for hydroxylation is 3. The van der Waals surface area contributed by atoms with E-state index >= 15 is 0 Å². The fourth-order valence-corrected chi connectivity index (χ4v) is 4.34. The Morgan fingerprint density at radius 3 is 2.12 bits per heavy atom. The molecule has 0 spiro atoms. The van der Waals surface area contributed by atoms with Crippen molar-refractivity contribution in [3.8, 4) is 17.1 Å². The summed E-state index contributed by atoms with van der Waals surface area (Å²) in [6, 6.07) is 19.9. The number of hydrogen-bond acceptors (Lipinski definition) is 6. The van der Waals surface area contributed by atoms with Gasteiger partial charge in [0, 0.05) is 11.1 Å². The highest BCUT2D eigenvalue weighted by Gasteiger charge is 2.36. The third-order valence-electron chi connectivity index (χ3n) is 6.30. The van der Waals surface area contributed by atoms with Crippen molar-refractivity contribution in [3.63, 3.8) is 0 Å². The average molecular weight is 541 g/mol. The molecule has 4 aromatic rings. The molecule has 0 aliphatic carbocycles. The highest BCUT2D eigenvalue weighted by Crippen LogP contribution is 2.36. The first-order valence-corrected chi connectivity index (χ1v) is 13.2. The molecule has 1 atom stereocenters. The summed E-state index contributed by atoms with van der Waals surface area (Å²) in [6.07, 6.45) is 0. The lowest BCUT2D eigenvalue weighted by molar-refractivity contribution is -0.128. The molecule has 0 radical (unpaired) electrons. The molecule has 0 bridgehead atoms. The summed E-state index contributed by atoms with van der Waals surface area (Å²) in [5, 5.41) is 15.8. The molecular formula is C31H36N6O3. The lowest BCUT2D eigenvalue weighted by Gasteiger charge is -2.34. The smallest absolute Gasteiger partial charge is 0.251 e. The number of nitrogens with one attached hydrogen (secondary N) is 1. The minimum atomic E-state index is -0.983. The second-order valence-corrected chi connectivity index (χ2v) is 11.0. The van der Waals surface area contributed by atoms with E-state index in [4.69, 9.17) is 4.74 Å². The summed E-state index contributed by atoms with van der Waals surface area (Å²) in [5.74, 6) is 0.158. The van der Waals surface area contributed by atoms with Gasteiger partial charge in [-0.25, -0.2) is 0 Å². The SMILES string of the molecule is COc1ccc(C)cc1N(C(=O)Cn1nnc(-c2ccc(C)cc2)n1)[C@@H](C(=O)NC(C)(C)C)c1ccc(C)cc1.